The van der Waals surface area contributed by atoms with Gasteiger partial charge in [-0.15, -0.1) is 0 Å². The molecule has 0 spiro atoms. The second-order valence-corrected chi connectivity index (χ2v) is 5.79. The van der Waals surface area contributed by atoms with Crippen molar-refractivity contribution in [2.75, 3.05) is 0 Å². The minimum Gasteiger partial charge on any atom is -0.506 e. The van der Waals surface area contributed by atoms with Crippen LogP contribution in [0, 0.1) is 0 Å². The quantitative estimate of drug-likeness (QED) is 0.600. The van der Waals surface area contributed by atoms with E-state index in [0.717, 1.165) is 34.7 Å². The van der Waals surface area contributed by atoms with Crippen LogP contribution in [0.4, 0.5) is 0 Å². The van der Waals surface area contributed by atoms with E-state index in [1.54, 1.807) is 24.5 Å². The van der Waals surface area contributed by atoms with Gasteiger partial charge in [0.2, 0.25) is 0 Å². The topological polar surface area (TPSA) is 66.2 Å². The molecule has 0 saturated carbocycles. The fourth-order valence-corrected chi connectivity index (χ4v) is 3.14. The molecular weight excluding hydrogens is 300 g/mol. The lowest BCUT2D eigenvalue weighted by atomic mass is 9.99. The van der Waals surface area contributed by atoms with Crippen molar-refractivity contribution in [1.29, 1.82) is 0 Å². The van der Waals surface area contributed by atoms with E-state index >= 15 is 0 Å². The van der Waals surface area contributed by atoms with Crippen molar-refractivity contribution in [2.45, 2.75) is 12.8 Å². The van der Waals surface area contributed by atoms with Crippen molar-refractivity contribution < 1.29 is 10.2 Å². The predicted octanol–water partition coefficient (Wildman–Crippen LogP) is 3.98. The van der Waals surface area contributed by atoms with Gasteiger partial charge in [-0.3, -0.25) is 9.97 Å². The maximum absolute atomic E-state index is 9.95. The fourth-order valence-electron chi connectivity index (χ4n) is 3.14. The zero-order valence-electron chi connectivity index (χ0n) is 13.0. The highest BCUT2D eigenvalue weighted by atomic mass is 16.3. The maximum atomic E-state index is 9.95. The van der Waals surface area contributed by atoms with Crippen molar-refractivity contribution in [3.05, 3.63) is 72.1 Å². The molecule has 4 nitrogen and oxygen atoms in total. The van der Waals surface area contributed by atoms with Gasteiger partial charge in [0.25, 0.3) is 0 Å². The van der Waals surface area contributed by atoms with Gasteiger partial charge in [-0.05, 0) is 48.2 Å². The predicted molar refractivity (Wildman–Crippen MR) is 94.2 cm³/mol. The molecule has 0 bridgehead atoms. The zero-order chi connectivity index (χ0) is 16.5. The molecule has 4 aromatic rings. The van der Waals surface area contributed by atoms with Crippen molar-refractivity contribution in [2.24, 2.45) is 0 Å². The Balaban J connectivity index is 1.72. The van der Waals surface area contributed by atoms with Crippen LogP contribution in [0.25, 0.3) is 21.8 Å². The van der Waals surface area contributed by atoms with Crippen molar-refractivity contribution in [1.82, 2.24) is 9.97 Å². The Morgan fingerprint density at radius 2 is 1.08 bits per heavy atom. The van der Waals surface area contributed by atoms with E-state index in [4.69, 9.17) is 0 Å². The fraction of sp³-hybridized carbons (Fsp3) is 0.100. The van der Waals surface area contributed by atoms with E-state index in [1.165, 1.54) is 0 Å². The molecule has 0 aliphatic rings. The Hall–Kier alpha value is -3.14. The molecule has 2 heterocycles. The lowest BCUT2D eigenvalue weighted by Gasteiger charge is -2.09. The van der Waals surface area contributed by atoms with Gasteiger partial charge in [0, 0.05) is 23.2 Å². The first-order chi connectivity index (χ1) is 11.7. The Morgan fingerprint density at radius 3 is 1.54 bits per heavy atom. The van der Waals surface area contributed by atoms with Gasteiger partial charge >= 0.3 is 0 Å². The zero-order valence-corrected chi connectivity index (χ0v) is 13.0. The molecule has 0 aliphatic carbocycles. The van der Waals surface area contributed by atoms with E-state index in [9.17, 15) is 10.2 Å². The molecule has 4 heteroatoms. The van der Waals surface area contributed by atoms with Gasteiger partial charge in [-0.2, -0.15) is 0 Å². The largest absolute Gasteiger partial charge is 0.506 e. The van der Waals surface area contributed by atoms with Gasteiger partial charge in [0.05, 0.1) is 0 Å². The van der Waals surface area contributed by atoms with E-state index in [2.05, 4.69) is 9.97 Å². The standard InChI is InChI=1S/C20H16N2O2/c23-17-5-1-3-15-13(9-11-21-19(15)17)7-8-14-10-12-22-20-16(14)4-2-6-18(20)24/h1-6,9-12,23-24H,7-8H2. The lowest BCUT2D eigenvalue weighted by molar-refractivity contribution is 0.480. The second kappa shape index (κ2) is 5.81. The molecule has 2 N–H and O–H groups in total. The highest BCUT2D eigenvalue weighted by molar-refractivity contribution is 5.88. The first-order valence-electron chi connectivity index (χ1n) is 7.85. The Bertz CT molecular complexity index is 959. The van der Waals surface area contributed by atoms with Gasteiger partial charge in [-0.1, -0.05) is 24.3 Å². The molecule has 0 saturated heterocycles. The first-order valence-corrected chi connectivity index (χ1v) is 7.85. The third-order valence-electron chi connectivity index (χ3n) is 4.34. The Kier molecular flexibility index (Phi) is 3.50. The van der Waals surface area contributed by atoms with Gasteiger partial charge < -0.3 is 10.2 Å². The van der Waals surface area contributed by atoms with Gasteiger partial charge in [0.1, 0.15) is 22.5 Å². The van der Waals surface area contributed by atoms with Crippen LogP contribution >= 0.6 is 0 Å². The summed E-state index contributed by atoms with van der Waals surface area (Å²) in [4.78, 5) is 8.53. The SMILES string of the molecule is Oc1cccc2c(CCc3ccnc4c(O)cccc34)ccnc12. The smallest absolute Gasteiger partial charge is 0.141 e. The van der Waals surface area contributed by atoms with Crippen molar-refractivity contribution >= 4 is 21.8 Å². The third kappa shape index (κ3) is 2.42. The summed E-state index contributed by atoms with van der Waals surface area (Å²) in [6.07, 6.45) is 5.09. The van der Waals surface area contributed by atoms with E-state index in [-0.39, 0.29) is 11.5 Å². The van der Waals surface area contributed by atoms with E-state index in [0.29, 0.717) is 11.0 Å². The summed E-state index contributed by atoms with van der Waals surface area (Å²) < 4.78 is 0. The number of para-hydroxylation sites is 2. The van der Waals surface area contributed by atoms with Crippen LogP contribution in [0.1, 0.15) is 11.1 Å². The van der Waals surface area contributed by atoms with Crippen LogP contribution in [0.2, 0.25) is 0 Å². The number of hydrogen-bond acceptors (Lipinski definition) is 4. The van der Waals surface area contributed by atoms with Crippen LogP contribution in [-0.4, -0.2) is 20.2 Å². The van der Waals surface area contributed by atoms with Crippen LogP contribution in [0.5, 0.6) is 11.5 Å². The molecule has 4 rings (SSSR count). The number of phenolic OH excluding ortho intramolecular Hbond substituents is 2. The molecule has 24 heavy (non-hydrogen) atoms. The lowest BCUT2D eigenvalue weighted by Crippen LogP contribution is -1.95. The number of aromatic nitrogens is 2. The normalized spacial score (nSPS) is 11.2. The number of aryl methyl sites for hydroxylation is 2. The average molecular weight is 316 g/mol. The number of hydrogen-bond donors (Lipinski definition) is 2. The number of benzene rings is 2. The Labute approximate surface area is 139 Å². The van der Waals surface area contributed by atoms with Crippen LogP contribution in [0.3, 0.4) is 0 Å². The number of nitrogens with zero attached hydrogens (tertiary/aromatic N) is 2. The molecule has 2 aromatic heterocycles. The third-order valence-corrected chi connectivity index (χ3v) is 4.34. The number of phenols is 2. The van der Waals surface area contributed by atoms with Gasteiger partial charge in [0.15, 0.2) is 0 Å². The summed E-state index contributed by atoms with van der Waals surface area (Å²) in [6.45, 7) is 0. The average Bonchev–Trinajstić information content (AvgIpc) is 2.61. The Morgan fingerprint density at radius 1 is 0.625 bits per heavy atom. The van der Waals surface area contributed by atoms with E-state index in [1.807, 2.05) is 36.4 Å². The highest BCUT2D eigenvalue weighted by Gasteiger charge is 2.08. The summed E-state index contributed by atoms with van der Waals surface area (Å²) in [7, 11) is 0. The number of aromatic hydroxyl groups is 2. The molecule has 0 aliphatic heterocycles. The highest BCUT2D eigenvalue weighted by Crippen LogP contribution is 2.28. The van der Waals surface area contributed by atoms with Crippen molar-refractivity contribution in [3.63, 3.8) is 0 Å². The minimum atomic E-state index is 0.202. The summed E-state index contributed by atoms with van der Waals surface area (Å²) in [5.41, 5.74) is 3.54. The summed E-state index contributed by atoms with van der Waals surface area (Å²) in [6, 6.07) is 14.9. The first kappa shape index (κ1) is 14.5. The van der Waals surface area contributed by atoms with Crippen LogP contribution < -0.4 is 0 Å². The summed E-state index contributed by atoms with van der Waals surface area (Å²) >= 11 is 0. The molecule has 2 aromatic carbocycles. The molecular formula is C20H16N2O2. The summed E-state index contributed by atoms with van der Waals surface area (Å²) in [5, 5.41) is 21.9. The van der Waals surface area contributed by atoms with Gasteiger partial charge in [-0.25, -0.2) is 0 Å². The number of rotatable bonds is 3. The summed E-state index contributed by atoms with van der Waals surface area (Å²) in [5.74, 6) is 0.405. The molecule has 0 atom stereocenters. The maximum Gasteiger partial charge on any atom is 0.141 e. The molecule has 0 unspecified atom stereocenters. The molecule has 0 radical (unpaired) electrons. The molecule has 0 amide bonds. The molecule has 118 valence electrons. The number of fused-ring (bicyclic) bond motifs is 2. The van der Waals surface area contributed by atoms with Crippen LogP contribution in [0.15, 0.2) is 60.9 Å². The van der Waals surface area contributed by atoms with Crippen molar-refractivity contribution in [3.8, 4) is 11.5 Å². The van der Waals surface area contributed by atoms with Crippen LogP contribution in [-0.2, 0) is 12.8 Å². The second-order valence-electron chi connectivity index (χ2n) is 5.79. The monoisotopic (exact) mass is 316 g/mol. The van der Waals surface area contributed by atoms with E-state index < -0.39 is 0 Å². The number of pyridine rings is 2. The molecule has 0 fully saturated rings. The minimum absolute atomic E-state index is 0.202.